The van der Waals surface area contributed by atoms with Crippen molar-refractivity contribution in [1.82, 2.24) is 4.98 Å². The zero-order chi connectivity index (χ0) is 29.7. The van der Waals surface area contributed by atoms with Crippen molar-refractivity contribution in [1.29, 1.82) is 0 Å². The van der Waals surface area contributed by atoms with Crippen LogP contribution in [0.5, 0.6) is 0 Å². The highest BCUT2D eigenvalue weighted by Gasteiger charge is 2.26. The van der Waals surface area contributed by atoms with E-state index >= 15 is 0 Å². The molecule has 0 amide bonds. The molecule has 0 bridgehead atoms. The molecule has 0 spiro atoms. The van der Waals surface area contributed by atoms with Gasteiger partial charge in [0.1, 0.15) is 16.8 Å². The van der Waals surface area contributed by atoms with Gasteiger partial charge in [0.25, 0.3) is 0 Å². The van der Waals surface area contributed by atoms with Gasteiger partial charge >= 0.3 is 0 Å². The van der Waals surface area contributed by atoms with Gasteiger partial charge in [0.15, 0.2) is 11.2 Å². The van der Waals surface area contributed by atoms with Crippen molar-refractivity contribution in [3.05, 3.63) is 158 Å². The van der Waals surface area contributed by atoms with Crippen molar-refractivity contribution in [2.45, 2.75) is 0 Å². The van der Waals surface area contributed by atoms with E-state index in [1.165, 1.54) is 16.3 Å². The number of oxazole rings is 1. The number of anilines is 3. The van der Waals surface area contributed by atoms with E-state index in [0.29, 0.717) is 11.5 Å². The molecule has 0 aliphatic carbocycles. The van der Waals surface area contributed by atoms with Gasteiger partial charge in [-0.05, 0) is 70.4 Å². The summed E-state index contributed by atoms with van der Waals surface area (Å²) in [4.78, 5) is 7.22. The van der Waals surface area contributed by atoms with Gasteiger partial charge in [0.2, 0.25) is 5.89 Å². The first-order valence-electron chi connectivity index (χ1n) is 15.1. The maximum Gasteiger partial charge on any atom is 0.227 e. The summed E-state index contributed by atoms with van der Waals surface area (Å²) in [6.07, 6.45) is 0. The van der Waals surface area contributed by atoms with E-state index < -0.39 is 0 Å². The normalized spacial score (nSPS) is 11.6. The minimum atomic E-state index is 0.572. The van der Waals surface area contributed by atoms with Gasteiger partial charge in [-0.25, -0.2) is 4.98 Å². The Kier molecular flexibility index (Phi) is 5.78. The van der Waals surface area contributed by atoms with Crippen molar-refractivity contribution in [2.75, 3.05) is 4.90 Å². The van der Waals surface area contributed by atoms with Gasteiger partial charge < -0.3 is 13.7 Å². The Balaban J connectivity index is 1.31. The zero-order valence-corrected chi connectivity index (χ0v) is 24.2. The summed E-state index contributed by atoms with van der Waals surface area (Å²) in [5.41, 5.74) is 9.09. The third kappa shape index (κ3) is 4.19. The SMILES string of the molecule is c1ccc(-c2nc3cc4c(oc5ccccc54)c(N(c4ccccc4)c4ccc(-c5cccc6ccccc56)cc4)c3o2)cc1. The lowest BCUT2D eigenvalue weighted by atomic mass is 9.98. The summed E-state index contributed by atoms with van der Waals surface area (Å²) >= 11 is 0. The second-order valence-electron chi connectivity index (χ2n) is 11.2. The molecule has 7 aromatic carbocycles. The Morgan fingerprint density at radius 1 is 0.467 bits per heavy atom. The fourth-order valence-electron chi connectivity index (χ4n) is 6.38. The van der Waals surface area contributed by atoms with Gasteiger partial charge in [0.05, 0.1) is 0 Å². The Morgan fingerprint density at radius 3 is 1.96 bits per heavy atom. The lowest BCUT2D eigenvalue weighted by Gasteiger charge is -2.25. The number of hydrogen-bond donors (Lipinski definition) is 0. The molecule has 0 saturated carbocycles. The van der Waals surface area contributed by atoms with E-state index in [0.717, 1.165) is 55.6 Å². The molecule has 0 radical (unpaired) electrons. The Labute approximate surface area is 259 Å². The quantitative estimate of drug-likeness (QED) is 0.204. The van der Waals surface area contributed by atoms with E-state index in [4.69, 9.17) is 13.8 Å². The van der Waals surface area contributed by atoms with Gasteiger partial charge in [-0.15, -0.1) is 0 Å². The van der Waals surface area contributed by atoms with Crippen molar-refractivity contribution >= 4 is 60.9 Å². The first-order chi connectivity index (χ1) is 22.3. The minimum absolute atomic E-state index is 0.572. The van der Waals surface area contributed by atoms with E-state index in [-0.39, 0.29) is 0 Å². The van der Waals surface area contributed by atoms with E-state index in [1.807, 2.05) is 54.6 Å². The van der Waals surface area contributed by atoms with Gasteiger partial charge in [-0.3, -0.25) is 0 Å². The molecule has 2 aromatic heterocycles. The molecule has 0 N–H and O–H groups in total. The standard InChI is InChI=1S/C41H26N2O2/c1-3-13-29(14-4-1)41-42-36-26-35-34-19-9-10-21-37(34)44-39(35)38(40(36)45-41)43(30-16-5-2-6-17-30)31-24-22-28(23-25-31)33-20-11-15-27-12-7-8-18-32(27)33/h1-26H. The number of nitrogens with zero attached hydrogens (tertiary/aromatic N) is 2. The molecule has 9 aromatic rings. The summed E-state index contributed by atoms with van der Waals surface area (Å²) in [5.74, 6) is 0.572. The van der Waals surface area contributed by atoms with Crippen LogP contribution in [0.2, 0.25) is 0 Å². The van der Waals surface area contributed by atoms with Crippen molar-refractivity contribution in [2.24, 2.45) is 0 Å². The molecule has 45 heavy (non-hydrogen) atoms. The molecule has 4 heteroatoms. The van der Waals surface area contributed by atoms with E-state index in [1.54, 1.807) is 0 Å². The number of para-hydroxylation sites is 2. The van der Waals surface area contributed by atoms with Crippen LogP contribution in [0.4, 0.5) is 17.1 Å². The molecule has 0 aliphatic rings. The number of aromatic nitrogens is 1. The van der Waals surface area contributed by atoms with Crippen LogP contribution < -0.4 is 4.90 Å². The minimum Gasteiger partial charge on any atom is -0.454 e. The van der Waals surface area contributed by atoms with Crippen LogP contribution in [0.3, 0.4) is 0 Å². The summed E-state index contributed by atoms with van der Waals surface area (Å²) in [7, 11) is 0. The second-order valence-corrected chi connectivity index (χ2v) is 11.2. The predicted molar refractivity (Wildman–Crippen MR) is 184 cm³/mol. The molecule has 0 atom stereocenters. The first kappa shape index (κ1) is 25.4. The van der Waals surface area contributed by atoms with Gasteiger partial charge in [-0.1, -0.05) is 109 Å². The van der Waals surface area contributed by atoms with Crippen molar-refractivity contribution in [3.63, 3.8) is 0 Å². The third-order valence-corrected chi connectivity index (χ3v) is 8.48. The lowest BCUT2D eigenvalue weighted by Crippen LogP contribution is -2.10. The predicted octanol–water partition coefficient (Wildman–Crippen LogP) is 11.7. The maximum atomic E-state index is 6.64. The van der Waals surface area contributed by atoms with Crippen LogP contribution in [-0.4, -0.2) is 4.98 Å². The Bertz CT molecular complexity index is 2470. The van der Waals surface area contributed by atoms with Crippen LogP contribution in [0.15, 0.2) is 167 Å². The number of fused-ring (bicyclic) bond motifs is 5. The summed E-state index contributed by atoms with van der Waals surface area (Å²) in [6, 6.07) is 54.3. The van der Waals surface area contributed by atoms with E-state index in [9.17, 15) is 0 Å². The monoisotopic (exact) mass is 578 g/mol. The van der Waals surface area contributed by atoms with Gasteiger partial charge in [-0.2, -0.15) is 0 Å². The fraction of sp³-hybridized carbons (Fsp3) is 0. The van der Waals surface area contributed by atoms with E-state index in [2.05, 4.69) is 108 Å². The second kappa shape index (κ2) is 10.2. The summed E-state index contributed by atoms with van der Waals surface area (Å²) in [5, 5.41) is 4.49. The molecule has 2 heterocycles. The highest BCUT2D eigenvalue weighted by atomic mass is 16.4. The lowest BCUT2D eigenvalue weighted by molar-refractivity contribution is 0.618. The smallest absolute Gasteiger partial charge is 0.227 e. The summed E-state index contributed by atoms with van der Waals surface area (Å²) < 4.78 is 13.3. The average molecular weight is 579 g/mol. The number of benzene rings is 7. The molecule has 0 aliphatic heterocycles. The molecule has 0 unspecified atom stereocenters. The first-order valence-corrected chi connectivity index (χ1v) is 15.1. The number of rotatable bonds is 5. The van der Waals surface area contributed by atoms with Crippen LogP contribution in [-0.2, 0) is 0 Å². The molecule has 4 nitrogen and oxygen atoms in total. The van der Waals surface area contributed by atoms with Crippen LogP contribution in [0.1, 0.15) is 0 Å². The van der Waals surface area contributed by atoms with Crippen LogP contribution in [0.25, 0.3) is 66.4 Å². The maximum absolute atomic E-state index is 6.64. The van der Waals surface area contributed by atoms with Crippen LogP contribution in [0, 0.1) is 0 Å². The molecule has 0 saturated heterocycles. The highest BCUT2D eigenvalue weighted by Crippen LogP contribution is 2.47. The topological polar surface area (TPSA) is 42.4 Å². The number of furan rings is 1. The molecule has 212 valence electrons. The van der Waals surface area contributed by atoms with Crippen molar-refractivity contribution < 1.29 is 8.83 Å². The molecular formula is C41H26N2O2. The molecular weight excluding hydrogens is 552 g/mol. The Morgan fingerprint density at radius 2 is 1.13 bits per heavy atom. The van der Waals surface area contributed by atoms with Gasteiger partial charge in [0, 0.05) is 27.7 Å². The summed E-state index contributed by atoms with van der Waals surface area (Å²) in [6.45, 7) is 0. The molecule has 0 fully saturated rings. The third-order valence-electron chi connectivity index (χ3n) is 8.48. The Hall–Kier alpha value is -6.13. The zero-order valence-electron chi connectivity index (χ0n) is 24.2. The largest absolute Gasteiger partial charge is 0.454 e. The molecule has 9 rings (SSSR count). The van der Waals surface area contributed by atoms with Crippen molar-refractivity contribution in [3.8, 4) is 22.6 Å². The average Bonchev–Trinajstić information content (AvgIpc) is 3.71. The highest BCUT2D eigenvalue weighted by molar-refractivity contribution is 6.17. The number of hydrogen-bond acceptors (Lipinski definition) is 4. The van der Waals surface area contributed by atoms with Crippen LogP contribution >= 0.6 is 0 Å². The fourth-order valence-corrected chi connectivity index (χ4v) is 6.38.